The summed E-state index contributed by atoms with van der Waals surface area (Å²) in [5, 5.41) is 0. The topological polar surface area (TPSA) is 29.3 Å². The molecular formula is C15H24N2. The van der Waals surface area contributed by atoms with Crippen molar-refractivity contribution < 1.29 is 0 Å². The molecular weight excluding hydrogens is 208 g/mol. The van der Waals surface area contributed by atoms with Crippen molar-refractivity contribution in [2.24, 2.45) is 5.73 Å². The third-order valence-corrected chi connectivity index (χ3v) is 3.96. The van der Waals surface area contributed by atoms with E-state index in [2.05, 4.69) is 37.1 Å². The normalized spacial score (nSPS) is 17.1. The monoisotopic (exact) mass is 232 g/mol. The molecule has 0 saturated heterocycles. The zero-order valence-electron chi connectivity index (χ0n) is 11.1. The molecule has 2 heteroatoms. The second kappa shape index (κ2) is 5.54. The van der Waals surface area contributed by atoms with E-state index in [4.69, 9.17) is 5.73 Å². The molecule has 2 N–H and O–H groups in total. The lowest BCUT2D eigenvalue weighted by atomic mass is 9.93. The Morgan fingerprint density at radius 2 is 1.94 bits per heavy atom. The quantitative estimate of drug-likeness (QED) is 0.867. The first kappa shape index (κ1) is 12.4. The lowest BCUT2D eigenvalue weighted by molar-refractivity contribution is 0.427. The predicted molar refractivity (Wildman–Crippen MR) is 74.3 cm³/mol. The van der Waals surface area contributed by atoms with Crippen LogP contribution in [0.1, 0.15) is 43.2 Å². The summed E-state index contributed by atoms with van der Waals surface area (Å²) in [7, 11) is 2.23. The number of nitrogens with two attached hydrogens (primary N) is 1. The second-order valence-electron chi connectivity index (χ2n) is 5.24. The highest BCUT2D eigenvalue weighted by Gasteiger charge is 2.19. The molecule has 0 spiro atoms. The number of hydrogen-bond acceptors (Lipinski definition) is 2. The fraction of sp³-hybridized carbons (Fsp3) is 0.600. The molecule has 0 aliphatic heterocycles. The van der Waals surface area contributed by atoms with Gasteiger partial charge in [0.05, 0.1) is 0 Å². The molecule has 1 aromatic carbocycles. The van der Waals surface area contributed by atoms with Crippen LogP contribution in [0.3, 0.4) is 0 Å². The molecule has 0 bridgehead atoms. The van der Waals surface area contributed by atoms with E-state index in [1.54, 1.807) is 0 Å². The molecule has 0 atom stereocenters. The third kappa shape index (κ3) is 2.81. The summed E-state index contributed by atoms with van der Waals surface area (Å²) >= 11 is 0. The minimum Gasteiger partial charge on any atom is -0.371 e. The molecule has 0 unspecified atom stereocenters. The van der Waals surface area contributed by atoms with Crippen molar-refractivity contribution >= 4 is 5.69 Å². The van der Waals surface area contributed by atoms with Gasteiger partial charge in [0, 0.05) is 25.3 Å². The molecule has 2 nitrogen and oxygen atoms in total. The largest absolute Gasteiger partial charge is 0.371 e. The lowest BCUT2D eigenvalue weighted by Gasteiger charge is -2.34. The van der Waals surface area contributed by atoms with Crippen LogP contribution in [0.15, 0.2) is 18.2 Å². The minimum atomic E-state index is 0.632. The van der Waals surface area contributed by atoms with E-state index in [9.17, 15) is 0 Å². The van der Waals surface area contributed by atoms with Gasteiger partial charge in [-0.2, -0.15) is 0 Å². The maximum Gasteiger partial charge on any atom is 0.0414 e. The summed E-state index contributed by atoms with van der Waals surface area (Å²) in [5.41, 5.74) is 9.76. The fourth-order valence-electron chi connectivity index (χ4n) is 2.84. The van der Waals surface area contributed by atoms with Crippen molar-refractivity contribution in [3.63, 3.8) is 0 Å². The van der Waals surface area contributed by atoms with Gasteiger partial charge in [0.25, 0.3) is 0 Å². The molecule has 1 saturated carbocycles. The standard InChI is InChI=1S/C15H24N2/c1-12-8-9-13(11-16)15(10-12)17(2)14-6-4-3-5-7-14/h8-10,14H,3-7,11,16H2,1-2H3. The van der Waals surface area contributed by atoms with Crippen LogP contribution in [-0.2, 0) is 6.54 Å². The van der Waals surface area contributed by atoms with Crippen LogP contribution in [-0.4, -0.2) is 13.1 Å². The Morgan fingerprint density at radius 1 is 1.24 bits per heavy atom. The predicted octanol–water partition coefficient (Wildman–Crippen LogP) is 3.22. The molecule has 1 aliphatic carbocycles. The van der Waals surface area contributed by atoms with Crippen LogP contribution < -0.4 is 10.6 Å². The van der Waals surface area contributed by atoms with Crippen LogP contribution in [0.4, 0.5) is 5.69 Å². The Bertz CT molecular complexity index is 367. The average molecular weight is 232 g/mol. The van der Waals surface area contributed by atoms with Crippen molar-refractivity contribution in [2.45, 2.75) is 51.6 Å². The number of benzene rings is 1. The van der Waals surface area contributed by atoms with E-state index in [-0.39, 0.29) is 0 Å². The Hall–Kier alpha value is -1.02. The summed E-state index contributed by atoms with van der Waals surface area (Å²) < 4.78 is 0. The maximum atomic E-state index is 5.84. The maximum absolute atomic E-state index is 5.84. The Kier molecular flexibility index (Phi) is 4.06. The van der Waals surface area contributed by atoms with Gasteiger partial charge in [-0.25, -0.2) is 0 Å². The van der Waals surface area contributed by atoms with Gasteiger partial charge in [-0.1, -0.05) is 31.4 Å². The van der Waals surface area contributed by atoms with E-state index in [1.165, 1.54) is 48.9 Å². The summed E-state index contributed by atoms with van der Waals surface area (Å²) in [4.78, 5) is 2.45. The smallest absolute Gasteiger partial charge is 0.0414 e. The number of aryl methyl sites for hydroxylation is 1. The van der Waals surface area contributed by atoms with Gasteiger partial charge in [-0.3, -0.25) is 0 Å². The molecule has 1 aliphatic rings. The van der Waals surface area contributed by atoms with Crippen molar-refractivity contribution in [3.05, 3.63) is 29.3 Å². The fourth-order valence-corrected chi connectivity index (χ4v) is 2.84. The van der Waals surface area contributed by atoms with Gasteiger partial charge in [0.15, 0.2) is 0 Å². The molecule has 0 heterocycles. The zero-order valence-corrected chi connectivity index (χ0v) is 11.1. The van der Waals surface area contributed by atoms with Crippen molar-refractivity contribution in [2.75, 3.05) is 11.9 Å². The average Bonchev–Trinajstić information content (AvgIpc) is 2.39. The number of nitrogens with zero attached hydrogens (tertiary/aromatic N) is 1. The highest BCUT2D eigenvalue weighted by molar-refractivity contribution is 5.55. The van der Waals surface area contributed by atoms with E-state index in [0.717, 1.165) is 0 Å². The summed E-state index contributed by atoms with van der Waals surface area (Å²) in [6.45, 7) is 2.78. The minimum absolute atomic E-state index is 0.632. The number of rotatable bonds is 3. The highest BCUT2D eigenvalue weighted by Crippen LogP contribution is 2.29. The van der Waals surface area contributed by atoms with Gasteiger partial charge in [0.2, 0.25) is 0 Å². The van der Waals surface area contributed by atoms with Crippen LogP contribution in [0.5, 0.6) is 0 Å². The first-order valence-corrected chi connectivity index (χ1v) is 6.75. The first-order chi connectivity index (χ1) is 8.22. The van der Waals surface area contributed by atoms with E-state index in [0.29, 0.717) is 12.6 Å². The Morgan fingerprint density at radius 3 is 2.59 bits per heavy atom. The van der Waals surface area contributed by atoms with Crippen LogP contribution >= 0.6 is 0 Å². The SMILES string of the molecule is Cc1ccc(CN)c(N(C)C2CCCCC2)c1. The second-order valence-corrected chi connectivity index (χ2v) is 5.24. The van der Waals surface area contributed by atoms with Gasteiger partial charge in [-0.05, 0) is 37.0 Å². The van der Waals surface area contributed by atoms with Gasteiger partial charge >= 0.3 is 0 Å². The zero-order chi connectivity index (χ0) is 12.3. The van der Waals surface area contributed by atoms with Gasteiger partial charge in [0.1, 0.15) is 0 Å². The van der Waals surface area contributed by atoms with Crippen molar-refractivity contribution in [3.8, 4) is 0 Å². The number of anilines is 1. The molecule has 2 rings (SSSR count). The molecule has 94 valence electrons. The van der Waals surface area contributed by atoms with Crippen LogP contribution in [0.25, 0.3) is 0 Å². The molecule has 0 aromatic heterocycles. The number of hydrogen-bond donors (Lipinski definition) is 1. The van der Waals surface area contributed by atoms with Gasteiger partial charge in [-0.15, -0.1) is 0 Å². The first-order valence-electron chi connectivity index (χ1n) is 6.75. The molecule has 0 radical (unpaired) electrons. The van der Waals surface area contributed by atoms with E-state index >= 15 is 0 Å². The van der Waals surface area contributed by atoms with Crippen molar-refractivity contribution in [1.82, 2.24) is 0 Å². The molecule has 17 heavy (non-hydrogen) atoms. The summed E-state index contributed by atoms with van der Waals surface area (Å²) in [5.74, 6) is 0. The Labute approximate surface area is 105 Å². The van der Waals surface area contributed by atoms with Gasteiger partial charge < -0.3 is 10.6 Å². The Balaban J connectivity index is 2.21. The summed E-state index contributed by atoms with van der Waals surface area (Å²) in [6, 6.07) is 7.30. The third-order valence-electron chi connectivity index (χ3n) is 3.96. The molecule has 1 fully saturated rings. The summed E-state index contributed by atoms with van der Waals surface area (Å²) in [6.07, 6.45) is 6.81. The van der Waals surface area contributed by atoms with Crippen LogP contribution in [0, 0.1) is 6.92 Å². The van der Waals surface area contributed by atoms with Crippen LogP contribution in [0.2, 0.25) is 0 Å². The van der Waals surface area contributed by atoms with E-state index in [1.807, 2.05) is 0 Å². The van der Waals surface area contributed by atoms with E-state index < -0.39 is 0 Å². The van der Waals surface area contributed by atoms with Crippen molar-refractivity contribution in [1.29, 1.82) is 0 Å². The lowest BCUT2D eigenvalue weighted by Crippen LogP contribution is -2.34. The molecule has 1 aromatic rings. The highest BCUT2D eigenvalue weighted by atomic mass is 15.1. The molecule has 0 amide bonds.